The van der Waals surface area contributed by atoms with Crippen molar-refractivity contribution in [2.45, 2.75) is 71.4 Å². The number of amides is 3. The number of phosphoric ester groups is 1. The Bertz CT molecular complexity index is 1940. The zero-order valence-corrected chi connectivity index (χ0v) is 26.9. The first-order valence-electron chi connectivity index (χ1n) is 15.3. The third kappa shape index (κ3) is 8.08. The summed E-state index contributed by atoms with van der Waals surface area (Å²) < 4.78 is 18.0. The lowest BCUT2D eigenvalue weighted by atomic mass is 10.1. The van der Waals surface area contributed by atoms with Crippen molar-refractivity contribution in [3.05, 3.63) is 53.3 Å². The number of nitrogens with one attached hydrogen (secondary N) is 1. The second-order valence-electron chi connectivity index (χ2n) is 11.3. The number of hydrogen-bond acceptors (Lipinski definition) is 11. The Hall–Kier alpha value is -5.05. The summed E-state index contributed by atoms with van der Waals surface area (Å²) in [6, 6.07) is 9.34. The number of nitrogens with two attached hydrogens (primary N) is 1. The summed E-state index contributed by atoms with van der Waals surface area (Å²) in [7, 11) is -4.82. The third-order valence-electron chi connectivity index (χ3n) is 7.68. The zero-order valence-electron chi connectivity index (χ0n) is 26.0. The van der Waals surface area contributed by atoms with Crippen LogP contribution >= 0.6 is 7.82 Å². The van der Waals surface area contributed by atoms with Gasteiger partial charge < -0.3 is 30.1 Å². The second-order valence-corrected chi connectivity index (χ2v) is 12.5. The number of phenols is 1. The van der Waals surface area contributed by atoms with E-state index in [1.165, 1.54) is 18.2 Å². The number of imide groups is 1. The van der Waals surface area contributed by atoms with Gasteiger partial charge in [-0.3, -0.25) is 24.2 Å². The minimum atomic E-state index is -4.82. The van der Waals surface area contributed by atoms with Gasteiger partial charge in [0.2, 0.25) is 5.91 Å². The summed E-state index contributed by atoms with van der Waals surface area (Å²) in [5.74, 6) is -1.57. The van der Waals surface area contributed by atoms with Gasteiger partial charge in [-0.05, 0) is 42.7 Å². The molecule has 0 saturated carbocycles. The Morgan fingerprint density at radius 3 is 2.50 bits per heavy atom. The van der Waals surface area contributed by atoms with Gasteiger partial charge in [0.05, 0.1) is 17.6 Å². The quantitative estimate of drug-likeness (QED) is 0.0951. The molecule has 3 amide bonds. The van der Waals surface area contributed by atoms with E-state index in [2.05, 4.69) is 10.3 Å². The summed E-state index contributed by atoms with van der Waals surface area (Å²) >= 11 is 0. The Kier molecular flexibility index (Phi) is 10.3. The van der Waals surface area contributed by atoms with Crippen molar-refractivity contribution in [1.82, 2.24) is 24.9 Å². The average Bonchev–Trinajstić information content (AvgIpc) is 3.55. The number of phosphoric acid groups is 1. The van der Waals surface area contributed by atoms with E-state index in [4.69, 9.17) is 20.1 Å². The number of carbonyl (C=O) groups is 4. The van der Waals surface area contributed by atoms with E-state index in [0.717, 1.165) is 18.4 Å². The molecule has 1 fully saturated rings. The molecule has 0 bridgehead atoms. The number of rotatable bonds is 14. The number of fused-ring (bicyclic) bond motifs is 3. The molecule has 1 aliphatic rings. The SMILES string of the molecule is CCCCc1nc2c(N)nc3cc(CNC(=O)CCCC(=O)ON4C(=O)CCC4=O)ccc3c2n1Cc1cc(OP(=O)(O)O)ccc1O. The van der Waals surface area contributed by atoms with Gasteiger partial charge in [-0.25, -0.2) is 19.3 Å². The highest BCUT2D eigenvalue weighted by atomic mass is 31.2. The van der Waals surface area contributed by atoms with Gasteiger partial charge in [0.15, 0.2) is 5.82 Å². The normalized spacial score (nSPS) is 13.4. The number of phenolic OH excluding ortho intramolecular Hbond substituents is 1. The average molecular weight is 683 g/mol. The molecule has 0 unspecified atom stereocenters. The summed E-state index contributed by atoms with van der Waals surface area (Å²) in [6.07, 6.45) is 2.34. The minimum absolute atomic E-state index is 0.00129. The van der Waals surface area contributed by atoms with Crippen LogP contribution in [0.5, 0.6) is 11.5 Å². The molecule has 16 nitrogen and oxygen atoms in total. The first kappa shape index (κ1) is 34.3. The highest BCUT2D eigenvalue weighted by molar-refractivity contribution is 7.46. The van der Waals surface area contributed by atoms with E-state index in [0.29, 0.717) is 44.8 Å². The summed E-state index contributed by atoms with van der Waals surface area (Å²) in [5.41, 5.74) is 9.10. The van der Waals surface area contributed by atoms with Crippen LogP contribution in [0.2, 0.25) is 0 Å². The lowest BCUT2D eigenvalue weighted by Crippen LogP contribution is -2.32. The van der Waals surface area contributed by atoms with E-state index < -0.39 is 25.6 Å². The van der Waals surface area contributed by atoms with Gasteiger partial charge in [0.1, 0.15) is 22.8 Å². The number of benzene rings is 2. The van der Waals surface area contributed by atoms with Gasteiger partial charge in [-0.15, -0.1) is 5.06 Å². The van der Waals surface area contributed by atoms with Gasteiger partial charge in [0, 0.05) is 49.6 Å². The lowest BCUT2D eigenvalue weighted by Gasteiger charge is -2.14. The molecule has 2 aromatic carbocycles. The minimum Gasteiger partial charge on any atom is -0.508 e. The Morgan fingerprint density at radius 2 is 1.79 bits per heavy atom. The van der Waals surface area contributed by atoms with Crippen LogP contribution in [0.15, 0.2) is 36.4 Å². The van der Waals surface area contributed by atoms with Crippen molar-refractivity contribution in [2.24, 2.45) is 0 Å². The second kappa shape index (κ2) is 14.4. The highest BCUT2D eigenvalue weighted by Crippen LogP contribution is 2.39. The Labute approximate surface area is 274 Å². The number of hydrogen-bond donors (Lipinski definition) is 5. The molecule has 1 saturated heterocycles. The number of nitrogen functional groups attached to an aromatic ring is 1. The number of carbonyl (C=O) groups excluding carboxylic acids is 4. The number of hydroxylamine groups is 2. The molecule has 0 aliphatic carbocycles. The molecule has 4 aromatic rings. The molecule has 5 rings (SSSR count). The maximum Gasteiger partial charge on any atom is 0.524 e. The Balaban J connectivity index is 1.32. The number of anilines is 1. The van der Waals surface area contributed by atoms with Crippen LogP contribution in [0.4, 0.5) is 5.82 Å². The van der Waals surface area contributed by atoms with E-state index in [9.17, 15) is 38.6 Å². The van der Waals surface area contributed by atoms with E-state index in [1.54, 1.807) is 6.07 Å². The molecule has 17 heteroatoms. The first-order chi connectivity index (χ1) is 22.8. The topological polar surface area (TPSA) is 236 Å². The van der Waals surface area contributed by atoms with Crippen LogP contribution in [0.1, 0.15) is 68.8 Å². The largest absolute Gasteiger partial charge is 0.524 e. The van der Waals surface area contributed by atoms with Crippen molar-refractivity contribution < 1.29 is 48.0 Å². The van der Waals surface area contributed by atoms with Crippen LogP contribution < -0.4 is 15.6 Å². The number of aromatic nitrogens is 3. The standard InChI is InChI=1S/C31H35N6O10P/c1-2-3-5-24-35-29-30(36(24)17-19-15-20(9-11-23(19)38)47-48(43,44)45)21-10-8-18(14-22(21)34-31(29)32)16-33-25(39)6-4-7-28(42)46-37-26(40)12-13-27(37)41/h8-11,14-15,38H,2-7,12-13,16-17H2,1H3,(H2,32,34)(H,33,39)(H2,43,44,45). The van der Waals surface area contributed by atoms with Crippen molar-refractivity contribution in [1.29, 1.82) is 0 Å². The molecular weight excluding hydrogens is 647 g/mol. The summed E-state index contributed by atoms with van der Waals surface area (Å²) in [5, 5.41) is 14.6. The number of aryl methyl sites for hydroxylation is 1. The fourth-order valence-electron chi connectivity index (χ4n) is 5.35. The highest BCUT2D eigenvalue weighted by Gasteiger charge is 2.32. The molecule has 0 radical (unpaired) electrons. The number of aromatic hydroxyl groups is 1. The predicted octanol–water partition coefficient (Wildman–Crippen LogP) is 3.13. The fraction of sp³-hybridized carbons (Fsp3) is 0.355. The number of unbranched alkanes of at least 4 members (excludes halogenated alkanes) is 1. The smallest absolute Gasteiger partial charge is 0.508 e. The lowest BCUT2D eigenvalue weighted by molar-refractivity contribution is -0.197. The van der Waals surface area contributed by atoms with Crippen LogP contribution in [0, 0.1) is 0 Å². The first-order valence-corrected chi connectivity index (χ1v) is 16.8. The van der Waals surface area contributed by atoms with Gasteiger partial charge in [0.25, 0.3) is 11.8 Å². The maximum absolute atomic E-state index is 12.5. The molecule has 6 N–H and O–H groups in total. The van der Waals surface area contributed by atoms with Crippen molar-refractivity contribution in [3.8, 4) is 11.5 Å². The van der Waals surface area contributed by atoms with Gasteiger partial charge >= 0.3 is 13.8 Å². The summed E-state index contributed by atoms with van der Waals surface area (Å²) in [4.78, 5) is 80.3. The van der Waals surface area contributed by atoms with Crippen LogP contribution in [-0.2, 0) is 48.1 Å². The fourth-order valence-corrected chi connectivity index (χ4v) is 5.74. The van der Waals surface area contributed by atoms with E-state index >= 15 is 0 Å². The molecule has 0 atom stereocenters. The van der Waals surface area contributed by atoms with Crippen molar-refractivity contribution in [3.63, 3.8) is 0 Å². The van der Waals surface area contributed by atoms with Crippen LogP contribution in [0.25, 0.3) is 21.9 Å². The summed E-state index contributed by atoms with van der Waals surface area (Å²) in [6.45, 7) is 2.30. The zero-order chi connectivity index (χ0) is 34.6. The molecule has 2 aromatic heterocycles. The molecule has 48 heavy (non-hydrogen) atoms. The molecular formula is C31H35N6O10P. The number of pyridine rings is 1. The third-order valence-corrected chi connectivity index (χ3v) is 8.13. The molecule has 3 heterocycles. The van der Waals surface area contributed by atoms with Gasteiger partial charge in [-0.2, -0.15) is 0 Å². The molecule has 0 spiro atoms. The molecule has 1 aliphatic heterocycles. The van der Waals surface area contributed by atoms with Gasteiger partial charge in [-0.1, -0.05) is 25.5 Å². The Morgan fingerprint density at radius 1 is 1.04 bits per heavy atom. The number of nitrogens with zero attached hydrogens (tertiary/aromatic N) is 4. The van der Waals surface area contributed by atoms with Crippen molar-refractivity contribution >= 4 is 59.3 Å². The van der Waals surface area contributed by atoms with Crippen LogP contribution in [-0.4, -0.2) is 58.2 Å². The maximum atomic E-state index is 12.5. The molecule has 254 valence electrons. The number of imidazole rings is 1. The van der Waals surface area contributed by atoms with E-state index in [-0.39, 0.29) is 68.4 Å². The predicted molar refractivity (Wildman–Crippen MR) is 171 cm³/mol. The van der Waals surface area contributed by atoms with Crippen LogP contribution in [0.3, 0.4) is 0 Å². The van der Waals surface area contributed by atoms with E-state index in [1.807, 2.05) is 23.6 Å². The van der Waals surface area contributed by atoms with Crippen molar-refractivity contribution in [2.75, 3.05) is 5.73 Å². The monoisotopic (exact) mass is 682 g/mol.